The van der Waals surface area contributed by atoms with Gasteiger partial charge in [-0.3, -0.25) is 9.59 Å². The van der Waals surface area contributed by atoms with Crippen LogP contribution in [0.15, 0.2) is 0 Å². The van der Waals surface area contributed by atoms with Crippen LogP contribution in [0.4, 0.5) is 0 Å². The summed E-state index contributed by atoms with van der Waals surface area (Å²) in [5.74, 6) is 0.939. The van der Waals surface area contributed by atoms with Crippen LogP contribution in [0.5, 0.6) is 0 Å². The second-order valence-corrected chi connectivity index (χ2v) is 9.73. The van der Waals surface area contributed by atoms with Crippen LogP contribution in [-0.2, 0) is 19.1 Å². The topological polar surface area (TPSA) is 52.6 Å². The molecule has 0 N–H and O–H groups in total. The highest BCUT2D eigenvalue weighted by Crippen LogP contribution is 2.13. The SMILES string of the molecule is CC(C)CCCCCCCOC(=O)CCC(C)C(=O)OCCCCCCCC(C)C. The van der Waals surface area contributed by atoms with Crippen molar-refractivity contribution in [1.82, 2.24) is 0 Å². The van der Waals surface area contributed by atoms with Crippen molar-refractivity contribution >= 4 is 11.9 Å². The number of unbranched alkanes of at least 4 members (excludes halogenated alkanes) is 8. The molecule has 0 heterocycles. The summed E-state index contributed by atoms with van der Waals surface area (Å²) >= 11 is 0. The van der Waals surface area contributed by atoms with Gasteiger partial charge in [0.15, 0.2) is 0 Å². The Morgan fingerprint density at radius 1 is 0.567 bits per heavy atom. The minimum absolute atomic E-state index is 0.191. The van der Waals surface area contributed by atoms with Crippen LogP contribution in [0.1, 0.15) is 125 Å². The zero-order chi connectivity index (χ0) is 22.6. The van der Waals surface area contributed by atoms with Crippen molar-refractivity contribution in [3.8, 4) is 0 Å². The molecule has 0 rings (SSSR count). The number of ether oxygens (including phenoxy) is 2. The summed E-state index contributed by atoms with van der Waals surface area (Å²) in [6.07, 6.45) is 15.0. The molecule has 4 nitrogen and oxygen atoms in total. The molecule has 1 unspecified atom stereocenters. The minimum Gasteiger partial charge on any atom is -0.466 e. The quantitative estimate of drug-likeness (QED) is 0.149. The highest BCUT2D eigenvalue weighted by Gasteiger charge is 2.16. The molecule has 0 radical (unpaired) electrons. The summed E-state index contributed by atoms with van der Waals surface area (Å²) in [7, 11) is 0. The lowest BCUT2D eigenvalue weighted by Gasteiger charge is -2.11. The number of hydrogen-bond donors (Lipinski definition) is 0. The smallest absolute Gasteiger partial charge is 0.308 e. The van der Waals surface area contributed by atoms with E-state index < -0.39 is 0 Å². The number of carbonyl (C=O) groups is 2. The van der Waals surface area contributed by atoms with Gasteiger partial charge in [-0.2, -0.15) is 0 Å². The molecule has 0 aliphatic carbocycles. The van der Waals surface area contributed by atoms with E-state index in [0.717, 1.165) is 37.5 Å². The lowest BCUT2D eigenvalue weighted by Crippen LogP contribution is -2.17. The number of esters is 2. The zero-order valence-electron chi connectivity index (χ0n) is 20.7. The molecule has 0 bridgehead atoms. The first-order valence-corrected chi connectivity index (χ1v) is 12.6. The van der Waals surface area contributed by atoms with E-state index >= 15 is 0 Å². The van der Waals surface area contributed by atoms with Gasteiger partial charge in [0.2, 0.25) is 0 Å². The third-order valence-corrected chi connectivity index (χ3v) is 5.54. The summed E-state index contributed by atoms with van der Waals surface area (Å²) in [5.41, 5.74) is 0. The van der Waals surface area contributed by atoms with Crippen molar-refractivity contribution in [3.63, 3.8) is 0 Å². The van der Waals surface area contributed by atoms with Gasteiger partial charge in [0.05, 0.1) is 19.1 Å². The van der Waals surface area contributed by atoms with Gasteiger partial charge in [-0.25, -0.2) is 0 Å². The van der Waals surface area contributed by atoms with Crippen LogP contribution >= 0.6 is 0 Å². The molecule has 0 fully saturated rings. The monoisotopic (exact) mass is 426 g/mol. The summed E-state index contributed by atoms with van der Waals surface area (Å²) in [6.45, 7) is 11.9. The highest BCUT2D eigenvalue weighted by molar-refractivity contribution is 5.74. The number of hydrogen-bond acceptors (Lipinski definition) is 4. The van der Waals surface area contributed by atoms with E-state index in [4.69, 9.17) is 9.47 Å². The van der Waals surface area contributed by atoms with Crippen LogP contribution in [0, 0.1) is 17.8 Å². The maximum absolute atomic E-state index is 12.0. The summed E-state index contributed by atoms with van der Waals surface area (Å²) in [4.78, 5) is 23.9. The van der Waals surface area contributed by atoms with E-state index in [1.165, 1.54) is 51.4 Å². The Balaban J connectivity index is 3.52. The second-order valence-electron chi connectivity index (χ2n) is 9.73. The lowest BCUT2D eigenvalue weighted by atomic mass is 10.0. The predicted molar refractivity (Wildman–Crippen MR) is 125 cm³/mol. The van der Waals surface area contributed by atoms with Crippen LogP contribution in [0.25, 0.3) is 0 Å². The second kappa shape index (κ2) is 19.9. The maximum Gasteiger partial charge on any atom is 0.308 e. The molecule has 0 saturated heterocycles. The molecular formula is C26H50O4. The summed E-state index contributed by atoms with van der Waals surface area (Å²) in [6, 6.07) is 0. The van der Waals surface area contributed by atoms with E-state index in [9.17, 15) is 9.59 Å². The number of carbonyl (C=O) groups excluding carboxylic acids is 2. The average Bonchev–Trinajstić information content (AvgIpc) is 2.69. The molecule has 178 valence electrons. The molecule has 0 saturated carbocycles. The Morgan fingerprint density at radius 2 is 1.00 bits per heavy atom. The van der Waals surface area contributed by atoms with E-state index in [-0.39, 0.29) is 17.9 Å². The summed E-state index contributed by atoms with van der Waals surface area (Å²) < 4.78 is 10.6. The van der Waals surface area contributed by atoms with Crippen molar-refractivity contribution in [2.45, 2.75) is 125 Å². The van der Waals surface area contributed by atoms with Crippen molar-refractivity contribution in [2.75, 3.05) is 13.2 Å². The zero-order valence-corrected chi connectivity index (χ0v) is 20.7. The molecule has 0 aromatic rings. The Bertz CT molecular complexity index is 417. The molecule has 0 spiro atoms. The molecule has 0 aliphatic rings. The van der Waals surface area contributed by atoms with Gasteiger partial charge in [0, 0.05) is 6.42 Å². The van der Waals surface area contributed by atoms with E-state index in [0.29, 0.717) is 26.1 Å². The Labute approximate surface area is 186 Å². The molecule has 4 heteroatoms. The van der Waals surface area contributed by atoms with E-state index in [2.05, 4.69) is 27.7 Å². The molecule has 0 amide bonds. The Morgan fingerprint density at radius 3 is 1.50 bits per heavy atom. The maximum atomic E-state index is 12.0. The molecule has 1 atom stereocenters. The average molecular weight is 427 g/mol. The van der Waals surface area contributed by atoms with Crippen LogP contribution in [-0.4, -0.2) is 25.2 Å². The van der Waals surface area contributed by atoms with Gasteiger partial charge in [-0.1, -0.05) is 98.8 Å². The van der Waals surface area contributed by atoms with Gasteiger partial charge < -0.3 is 9.47 Å². The van der Waals surface area contributed by atoms with Crippen LogP contribution in [0.2, 0.25) is 0 Å². The molecule has 0 aromatic heterocycles. The van der Waals surface area contributed by atoms with Crippen molar-refractivity contribution in [3.05, 3.63) is 0 Å². The fourth-order valence-electron chi connectivity index (χ4n) is 3.40. The first kappa shape index (κ1) is 28.9. The third-order valence-electron chi connectivity index (χ3n) is 5.54. The van der Waals surface area contributed by atoms with Crippen molar-refractivity contribution in [2.24, 2.45) is 17.8 Å². The van der Waals surface area contributed by atoms with Crippen LogP contribution in [0.3, 0.4) is 0 Å². The normalized spacial score (nSPS) is 12.4. The Kier molecular flexibility index (Phi) is 19.2. The third kappa shape index (κ3) is 20.2. The van der Waals surface area contributed by atoms with Gasteiger partial charge in [-0.05, 0) is 31.1 Å². The first-order valence-electron chi connectivity index (χ1n) is 12.6. The van der Waals surface area contributed by atoms with Gasteiger partial charge >= 0.3 is 11.9 Å². The lowest BCUT2D eigenvalue weighted by molar-refractivity contribution is -0.149. The fourth-order valence-corrected chi connectivity index (χ4v) is 3.40. The molecular weight excluding hydrogens is 376 g/mol. The Hall–Kier alpha value is -1.06. The molecule has 0 aliphatic heterocycles. The van der Waals surface area contributed by atoms with Crippen molar-refractivity contribution in [1.29, 1.82) is 0 Å². The highest BCUT2D eigenvalue weighted by atomic mass is 16.5. The number of rotatable bonds is 20. The van der Waals surface area contributed by atoms with Gasteiger partial charge in [0.25, 0.3) is 0 Å². The first-order chi connectivity index (χ1) is 14.3. The summed E-state index contributed by atoms with van der Waals surface area (Å²) in [5, 5.41) is 0. The molecule has 0 aromatic carbocycles. The largest absolute Gasteiger partial charge is 0.466 e. The van der Waals surface area contributed by atoms with Gasteiger partial charge in [0.1, 0.15) is 0 Å². The van der Waals surface area contributed by atoms with E-state index in [1.54, 1.807) is 0 Å². The van der Waals surface area contributed by atoms with Gasteiger partial charge in [-0.15, -0.1) is 0 Å². The van der Waals surface area contributed by atoms with Crippen LogP contribution < -0.4 is 0 Å². The standard InChI is InChI=1S/C26H50O4/c1-22(2)16-12-8-6-10-14-20-29-25(27)19-18-24(5)26(28)30-21-15-11-7-9-13-17-23(3)4/h22-24H,6-21H2,1-5H3. The fraction of sp³-hybridized carbons (Fsp3) is 0.923. The van der Waals surface area contributed by atoms with Crippen molar-refractivity contribution < 1.29 is 19.1 Å². The minimum atomic E-state index is -0.246. The molecule has 30 heavy (non-hydrogen) atoms. The van der Waals surface area contributed by atoms with E-state index in [1.807, 2.05) is 6.92 Å². The predicted octanol–water partition coefficient (Wildman–Crippen LogP) is 7.48.